The van der Waals surface area contributed by atoms with Gasteiger partial charge in [-0.05, 0) is 50.5 Å². The van der Waals surface area contributed by atoms with Crippen LogP contribution in [0.4, 0.5) is 0 Å². The quantitative estimate of drug-likeness (QED) is 0.463. The maximum Gasteiger partial charge on any atom is 0.323 e. The van der Waals surface area contributed by atoms with Crippen LogP contribution in [0.25, 0.3) is 22.4 Å². The molecule has 0 aliphatic carbocycles. The Morgan fingerprint density at radius 3 is 2.79 bits per heavy atom. The van der Waals surface area contributed by atoms with E-state index >= 15 is 0 Å². The number of hydrogen-bond donors (Lipinski definition) is 3. The van der Waals surface area contributed by atoms with E-state index in [0.717, 1.165) is 54.0 Å². The summed E-state index contributed by atoms with van der Waals surface area (Å²) in [6.45, 7) is 5.81. The molecular formula is C25H32N4O5. The summed E-state index contributed by atoms with van der Waals surface area (Å²) in [5.74, 6) is 0.0708. The summed E-state index contributed by atoms with van der Waals surface area (Å²) in [6.07, 6.45) is 2.92. The van der Waals surface area contributed by atoms with Gasteiger partial charge in [-0.15, -0.1) is 0 Å². The number of imidazole rings is 1. The van der Waals surface area contributed by atoms with Crippen molar-refractivity contribution in [3.63, 3.8) is 0 Å². The molecule has 2 aromatic heterocycles. The van der Waals surface area contributed by atoms with E-state index in [-0.39, 0.29) is 12.1 Å². The number of benzene rings is 1. The van der Waals surface area contributed by atoms with Gasteiger partial charge in [0.25, 0.3) is 5.56 Å². The Labute approximate surface area is 198 Å². The third-order valence-electron chi connectivity index (χ3n) is 6.40. The minimum Gasteiger partial charge on any atom is -0.480 e. The molecule has 3 atom stereocenters. The number of aliphatic hydroxyl groups is 1. The predicted octanol–water partition coefficient (Wildman–Crippen LogP) is 2.06. The summed E-state index contributed by atoms with van der Waals surface area (Å²) in [5.41, 5.74) is 4.12. The SMILES string of the molecule is Cc1cc(-c2nc3cc(CNC(C(=O)O)C(C)O)ccc3n2C[C@@H]2CCCOC2)cn(C)c1=O. The van der Waals surface area contributed by atoms with Crippen LogP contribution in [0.1, 0.15) is 30.9 Å². The van der Waals surface area contributed by atoms with Crippen molar-refractivity contribution < 1.29 is 19.7 Å². The summed E-state index contributed by atoms with van der Waals surface area (Å²) in [4.78, 5) is 28.6. The third-order valence-corrected chi connectivity index (χ3v) is 6.40. The average Bonchev–Trinajstić information content (AvgIpc) is 3.15. The maximum atomic E-state index is 12.2. The second-order valence-corrected chi connectivity index (χ2v) is 9.22. The molecule has 0 saturated carbocycles. The molecule has 3 N–H and O–H groups in total. The Morgan fingerprint density at radius 1 is 1.35 bits per heavy atom. The standard InChI is InChI=1S/C25H32N4O5/c1-15-9-19(13-28(3)24(15)31)23-27-20-10-17(11-26-22(16(2)30)25(32)33)6-7-21(20)29(23)12-18-5-4-8-34-14-18/h6-7,9-10,13,16,18,22,26,30H,4-5,8,11-12,14H2,1-3H3,(H,32,33)/t16?,18-,22?/m0/s1. The topological polar surface area (TPSA) is 119 Å². The van der Waals surface area contributed by atoms with E-state index in [1.54, 1.807) is 18.5 Å². The van der Waals surface area contributed by atoms with Crippen LogP contribution in [0, 0.1) is 12.8 Å². The molecule has 1 fully saturated rings. The molecule has 0 spiro atoms. The molecule has 0 amide bonds. The Kier molecular flexibility index (Phi) is 7.16. The summed E-state index contributed by atoms with van der Waals surface area (Å²) >= 11 is 0. The van der Waals surface area contributed by atoms with Crippen LogP contribution in [0.2, 0.25) is 0 Å². The zero-order valence-corrected chi connectivity index (χ0v) is 19.8. The van der Waals surface area contributed by atoms with E-state index in [2.05, 4.69) is 9.88 Å². The third kappa shape index (κ3) is 5.06. The van der Waals surface area contributed by atoms with Crippen molar-refractivity contribution in [1.82, 2.24) is 19.4 Å². The first-order valence-corrected chi connectivity index (χ1v) is 11.6. The number of aromatic nitrogens is 3. The molecule has 1 saturated heterocycles. The molecule has 4 rings (SSSR count). The van der Waals surface area contributed by atoms with Gasteiger partial charge in [0.2, 0.25) is 0 Å². The molecule has 3 aromatic rings. The molecule has 0 bridgehead atoms. The number of aliphatic carboxylic acids is 1. The van der Waals surface area contributed by atoms with Gasteiger partial charge in [-0.25, -0.2) is 4.98 Å². The van der Waals surface area contributed by atoms with Crippen molar-refractivity contribution in [2.75, 3.05) is 13.2 Å². The highest BCUT2D eigenvalue weighted by Gasteiger charge is 2.23. The van der Waals surface area contributed by atoms with Crippen molar-refractivity contribution in [2.24, 2.45) is 13.0 Å². The smallest absolute Gasteiger partial charge is 0.323 e. The van der Waals surface area contributed by atoms with Crippen LogP contribution in [-0.4, -0.2) is 55.7 Å². The second kappa shape index (κ2) is 10.1. The van der Waals surface area contributed by atoms with E-state index in [4.69, 9.17) is 9.72 Å². The lowest BCUT2D eigenvalue weighted by Gasteiger charge is -2.23. The lowest BCUT2D eigenvalue weighted by atomic mass is 10.0. The fraction of sp³-hybridized carbons (Fsp3) is 0.480. The molecule has 0 radical (unpaired) electrons. The van der Waals surface area contributed by atoms with Gasteiger partial charge >= 0.3 is 5.97 Å². The molecule has 1 aromatic carbocycles. The van der Waals surface area contributed by atoms with Gasteiger partial charge in [-0.3, -0.25) is 14.9 Å². The Bertz CT molecular complexity index is 1210. The predicted molar refractivity (Wildman–Crippen MR) is 129 cm³/mol. The van der Waals surface area contributed by atoms with Crippen LogP contribution >= 0.6 is 0 Å². The number of carbonyl (C=O) groups is 1. The number of ether oxygens (including phenoxy) is 1. The highest BCUT2D eigenvalue weighted by Crippen LogP contribution is 2.28. The zero-order chi connectivity index (χ0) is 24.4. The Morgan fingerprint density at radius 2 is 2.15 bits per heavy atom. The summed E-state index contributed by atoms with van der Waals surface area (Å²) in [5, 5.41) is 21.9. The molecule has 1 aliphatic rings. The van der Waals surface area contributed by atoms with Crippen molar-refractivity contribution >= 4 is 17.0 Å². The molecule has 9 heteroatoms. The lowest BCUT2D eigenvalue weighted by Crippen LogP contribution is -2.44. The number of aliphatic hydroxyl groups excluding tert-OH is 1. The lowest BCUT2D eigenvalue weighted by molar-refractivity contribution is -0.142. The molecule has 182 valence electrons. The number of pyridine rings is 1. The maximum absolute atomic E-state index is 12.2. The van der Waals surface area contributed by atoms with Crippen LogP contribution < -0.4 is 10.9 Å². The fourth-order valence-electron chi connectivity index (χ4n) is 4.59. The molecule has 3 heterocycles. The highest BCUT2D eigenvalue weighted by molar-refractivity contribution is 5.81. The molecule has 9 nitrogen and oxygen atoms in total. The van der Waals surface area contributed by atoms with Crippen molar-refractivity contribution in [3.8, 4) is 11.4 Å². The second-order valence-electron chi connectivity index (χ2n) is 9.22. The van der Waals surface area contributed by atoms with Gasteiger partial charge in [0.05, 0.1) is 23.7 Å². The molecule has 34 heavy (non-hydrogen) atoms. The van der Waals surface area contributed by atoms with Gasteiger partial charge in [-0.2, -0.15) is 0 Å². The van der Waals surface area contributed by atoms with Crippen LogP contribution in [0.15, 0.2) is 35.3 Å². The fourth-order valence-corrected chi connectivity index (χ4v) is 4.59. The Hall–Kier alpha value is -3.01. The zero-order valence-electron chi connectivity index (χ0n) is 19.8. The van der Waals surface area contributed by atoms with Gasteiger partial charge in [0.1, 0.15) is 11.9 Å². The number of hydrogen-bond acceptors (Lipinski definition) is 6. The number of nitrogens with zero attached hydrogens (tertiary/aromatic N) is 3. The summed E-state index contributed by atoms with van der Waals surface area (Å²) in [7, 11) is 1.74. The van der Waals surface area contributed by atoms with Gasteiger partial charge in [-0.1, -0.05) is 6.07 Å². The minimum absolute atomic E-state index is 0.0356. The number of aryl methyl sites for hydroxylation is 2. The number of fused-ring (bicyclic) bond motifs is 1. The number of carboxylic acid groups (broad SMARTS) is 1. The molecular weight excluding hydrogens is 436 g/mol. The monoisotopic (exact) mass is 468 g/mol. The first-order chi connectivity index (χ1) is 16.2. The molecule has 1 aliphatic heterocycles. The van der Waals surface area contributed by atoms with Gasteiger partial charge in [0.15, 0.2) is 0 Å². The average molecular weight is 469 g/mol. The van der Waals surface area contributed by atoms with Crippen LogP contribution in [0.3, 0.4) is 0 Å². The first-order valence-electron chi connectivity index (χ1n) is 11.6. The summed E-state index contributed by atoms with van der Waals surface area (Å²) in [6, 6.07) is 6.71. The minimum atomic E-state index is -1.09. The van der Waals surface area contributed by atoms with E-state index in [9.17, 15) is 19.8 Å². The largest absolute Gasteiger partial charge is 0.480 e. The number of rotatable bonds is 8. The van der Waals surface area contributed by atoms with Crippen molar-refractivity contribution in [1.29, 1.82) is 0 Å². The van der Waals surface area contributed by atoms with E-state index in [1.165, 1.54) is 6.92 Å². The van der Waals surface area contributed by atoms with E-state index < -0.39 is 18.1 Å². The Balaban J connectivity index is 1.72. The number of carboxylic acids is 1. The van der Waals surface area contributed by atoms with Gasteiger partial charge in [0, 0.05) is 50.0 Å². The van der Waals surface area contributed by atoms with Crippen LogP contribution in [0.5, 0.6) is 0 Å². The number of nitrogens with one attached hydrogen (secondary N) is 1. The normalized spacial score (nSPS) is 18.2. The summed E-state index contributed by atoms with van der Waals surface area (Å²) < 4.78 is 9.47. The van der Waals surface area contributed by atoms with Crippen molar-refractivity contribution in [3.05, 3.63) is 51.9 Å². The molecule has 2 unspecified atom stereocenters. The first kappa shape index (κ1) is 24.1. The van der Waals surface area contributed by atoms with E-state index in [0.29, 0.717) is 18.1 Å². The highest BCUT2D eigenvalue weighted by atomic mass is 16.5. The van der Waals surface area contributed by atoms with Gasteiger partial charge < -0.3 is 24.1 Å². The van der Waals surface area contributed by atoms with E-state index in [1.807, 2.05) is 30.5 Å². The van der Waals surface area contributed by atoms with Crippen LogP contribution in [-0.2, 0) is 29.7 Å². The van der Waals surface area contributed by atoms with Crippen molar-refractivity contribution in [2.45, 2.75) is 51.9 Å².